The van der Waals surface area contributed by atoms with E-state index in [2.05, 4.69) is 32.0 Å². The van der Waals surface area contributed by atoms with E-state index in [1.807, 2.05) is 6.92 Å². The van der Waals surface area contributed by atoms with Crippen molar-refractivity contribution in [3.05, 3.63) is 26.6 Å². The molecule has 1 atom stereocenters. The van der Waals surface area contributed by atoms with Crippen molar-refractivity contribution in [3.8, 4) is 6.07 Å². The molecule has 0 aliphatic carbocycles. The molecule has 3 rings (SSSR count). The molecule has 0 radical (unpaired) electrons. The molecule has 0 bridgehead atoms. The molecule has 1 aliphatic heterocycles. The molecular formula is C14H10BrClFN3OS. The molecule has 22 heavy (non-hydrogen) atoms. The molecule has 4 nitrogen and oxygen atoms in total. The van der Waals surface area contributed by atoms with E-state index in [1.165, 1.54) is 11.8 Å². The number of fused-ring (bicyclic) bond motifs is 3. The summed E-state index contributed by atoms with van der Waals surface area (Å²) >= 11 is 10.9. The maximum atomic E-state index is 14.6. The number of hydrogen-bond acceptors (Lipinski definition) is 5. The number of benzene rings is 1. The van der Waals surface area contributed by atoms with Crippen LogP contribution in [0.1, 0.15) is 30.6 Å². The Morgan fingerprint density at radius 2 is 2.32 bits per heavy atom. The second-order valence-corrected chi connectivity index (χ2v) is 7.02. The fraction of sp³-hybridized carbons (Fsp3) is 0.357. The van der Waals surface area contributed by atoms with Gasteiger partial charge in [-0.05, 0) is 21.7 Å². The van der Waals surface area contributed by atoms with Crippen molar-refractivity contribution in [3.63, 3.8) is 0 Å². The second-order valence-electron chi connectivity index (χ2n) is 4.64. The molecule has 1 aromatic carbocycles. The standard InChI is InChI=1S/C14H10BrClFN3OS/c1-2-22-14-19-12-9(13(16)20-14)8-6(10(15)11(12)17)5-21-7(8)3-4-18/h7H,2-3,5H2,1H3. The van der Waals surface area contributed by atoms with Gasteiger partial charge in [0, 0.05) is 16.5 Å². The Morgan fingerprint density at radius 3 is 3.00 bits per heavy atom. The van der Waals surface area contributed by atoms with Gasteiger partial charge in [0.05, 0.1) is 29.7 Å². The highest BCUT2D eigenvalue weighted by Gasteiger charge is 2.32. The van der Waals surface area contributed by atoms with Crippen LogP contribution < -0.4 is 0 Å². The highest BCUT2D eigenvalue weighted by atomic mass is 79.9. The van der Waals surface area contributed by atoms with E-state index in [0.29, 0.717) is 26.1 Å². The van der Waals surface area contributed by atoms with E-state index in [-0.39, 0.29) is 23.7 Å². The van der Waals surface area contributed by atoms with Gasteiger partial charge in [-0.15, -0.1) is 0 Å². The monoisotopic (exact) mass is 401 g/mol. The van der Waals surface area contributed by atoms with E-state index in [1.54, 1.807) is 0 Å². The van der Waals surface area contributed by atoms with Crippen molar-refractivity contribution in [2.24, 2.45) is 0 Å². The molecule has 0 saturated heterocycles. The number of nitrogens with zero attached hydrogens (tertiary/aromatic N) is 3. The Labute approximate surface area is 144 Å². The van der Waals surface area contributed by atoms with E-state index in [9.17, 15) is 4.39 Å². The summed E-state index contributed by atoms with van der Waals surface area (Å²) in [4.78, 5) is 8.51. The SMILES string of the molecule is CCSc1nc(Cl)c2c3c(c(Br)c(F)c2n1)COC3CC#N. The van der Waals surface area contributed by atoms with Crippen LogP contribution in [0.3, 0.4) is 0 Å². The van der Waals surface area contributed by atoms with Gasteiger partial charge >= 0.3 is 0 Å². The summed E-state index contributed by atoms with van der Waals surface area (Å²) in [5.41, 5.74) is 1.55. The maximum Gasteiger partial charge on any atom is 0.189 e. The maximum absolute atomic E-state index is 14.6. The smallest absolute Gasteiger partial charge is 0.189 e. The third kappa shape index (κ3) is 2.48. The Hall–Kier alpha value is -0.940. The first kappa shape index (κ1) is 15.9. The van der Waals surface area contributed by atoms with Crippen LogP contribution in [0.25, 0.3) is 10.9 Å². The highest BCUT2D eigenvalue weighted by Crippen LogP contribution is 2.45. The number of rotatable bonds is 3. The minimum atomic E-state index is -0.475. The van der Waals surface area contributed by atoms with Gasteiger partial charge < -0.3 is 4.74 Å². The lowest BCUT2D eigenvalue weighted by atomic mass is 9.98. The van der Waals surface area contributed by atoms with Crippen LogP contribution in [0.5, 0.6) is 0 Å². The van der Waals surface area contributed by atoms with Crippen molar-refractivity contribution < 1.29 is 9.13 Å². The van der Waals surface area contributed by atoms with Crippen LogP contribution in [-0.2, 0) is 11.3 Å². The van der Waals surface area contributed by atoms with Crippen LogP contribution in [0, 0.1) is 17.1 Å². The minimum absolute atomic E-state index is 0.162. The molecule has 1 aromatic heterocycles. The van der Waals surface area contributed by atoms with Crippen LogP contribution in [0.2, 0.25) is 5.15 Å². The molecule has 0 N–H and O–H groups in total. The Morgan fingerprint density at radius 1 is 1.55 bits per heavy atom. The molecule has 2 heterocycles. The largest absolute Gasteiger partial charge is 0.368 e. The van der Waals surface area contributed by atoms with Crippen molar-refractivity contribution in [1.29, 1.82) is 5.26 Å². The summed E-state index contributed by atoms with van der Waals surface area (Å²) in [6.45, 7) is 2.19. The lowest BCUT2D eigenvalue weighted by Gasteiger charge is -2.13. The van der Waals surface area contributed by atoms with Crippen LogP contribution in [0.15, 0.2) is 9.63 Å². The topological polar surface area (TPSA) is 58.8 Å². The molecule has 0 amide bonds. The lowest BCUT2D eigenvalue weighted by molar-refractivity contribution is 0.0700. The van der Waals surface area contributed by atoms with E-state index in [4.69, 9.17) is 21.6 Å². The van der Waals surface area contributed by atoms with Crippen molar-refractivity contribution in [2.45, 2.75) is 31.2 Å². The highest BCUT2D eigenvalue weighted by molar-refractivity contribution is 9.10. The van der Waals surface area contributed by atoms with Gasteiger partial charge in [-0.1, -0.05) is 30.3 Å². The van der Waals surface area contributed by atoms with Crippen molar-refractivity contribution in [2.75, 3.05) is 5.75 Å². The zero-order chi connectivity index (χ0) is 15.9. The van der Waals surface area contributed by atoms with Gasteiger partial charge in [-0.25, -0.2) is 14.4 Å². The third-order valence-corrected chi connectivity index (χ3v) is 5.23. The summed E-state index contributed by atoms with van der Waals surface area (Å²) in [6.07, 6.45) is -0.271. The number of thioether (sulfide) groups is 1. The summed E-state index contributed by atoms with van der Waals surface area (Å²) < 4.78 is 20.6. The number of hydrogen-bond donors (Lipinski definition) is 0. The predicted octanol–water partition coefficient (Wildman–Crippen LogP) is 4.78. The zero-order valence-electron chi connectivity index (χ0n) is 11.5. The summed E-state index contributed by atoms with van der Waals surface area (Å²) in [5.74, 6) is 0.285. The Balaban J connectivity index is 2.35. The summed E-state index contributed by atoms with van der Waals surface area (Å²) in [6, 6.07) is 2.08. The number of ether oxygens (including phenoxy) is 1. The summed E-state index contributed by atoms with van der Waals surface area (Å²) in [7, 11) is 0. The molecule has 8 heteroatoms. The van der Waals surface area contributed by atoms with E-state index < -0.39 is 11.9 Å². The molecular weight excluding hydrogens is 393 g/mol. The van der Waals surface area contributed by atoms with Gasteiger partial charge in [0.25, 0.3) is 0 Å². The fourth-order valence-electron chi connectivity index (χ4n) is 2.52. The van der Waals surface area contributed by atoms with Gasteiger partial charge in [0.2, 0.25) is 0 Å². The first-order valence-electron chi connectivity index (χ1n) is 6.56. The predicted molar refractivity (Wildman–Crippen MR) is 86.4 cm³/mol. The lowest BCUT2D eigenvalue weighted by Crippen LogP contribution is -2.02. The van der Waals surface area contributed by atoms with Crippen LogP contribution >= 0.6 is 39.3 Å². The quantitative estimate of drug-likeness (QED) is 0.420. The number of nitriles is 1. The van der Waals surface area contributed by atoms with Gasteiger partial charge in [-0.2, -0.15) is 5.26 Å². The molecule has 0 saturated carbocycles. The van der Waals surface area contributed by atoms with Crippen molar-refractivity contribution in [1.82, 2.24) is 9.97 Å². The summed E-state index contributed by atoms with van der Waals surface area (Å²) in [5, 5.41) is 10.0. The average molecular weight is 403 g/mol. The number of aromatic nitrogens is 2. The first-order valence-corrected chi connectivity index (χ1v) is 8.72. The Kier molecular flexibility index (Phi) is 4.55. The second kappa shape index (κ2) is 6.28. The van der Waals surface area contributed by atoms with E-state index in [0.717, 1.165) is 5.75 Å². The molecule has 0 spiro atoms. The molecule has 2 aromatic rings. The normalized spacial score (nSPS) is 16.8. The third-order valence-electron chi connectivity index (χ3n) is 3.41. The fourth-order valence-corrected chi connectivity index (χ4v) is 3.93. The number of halogens is 3. The average Bonchev–Trinajstić information content (AvgIpc) is 2.89. The van der Waals surface area contributed by atoms with Crippen molar-refractivity contribution >= 4 is 50.2 Å². The van der Waals surface area contributed by atoms with Crippen LogP contribution in [0.4, 0.5) is 4.39 Å². The Bertz CT molecular complexity index is 811. The van der Waals surface area contributed by atoms with Gasteiger partial charge in [-0.3, -0.25) is 0 Å². The molecule has 114 valence electrons. The molecule has 1 unspecified atom stereocenters. The van der Waals surface area contributed by atoms with E-state index >= 15 is 0 Å². The van der Waals surface area contributed by atoms with Gasteiger partial charge in [0.1, 0.15) is 10.7 Å². The molecule has 1 aliphatic rings. The zero-order valence-corrected chi connectivity index (χ0v) is 14.6. The van der Waals surface area contributed by atoms with Gasteiger partial charge in [0.15, 0.2) is 11.0 Å². The minimum Gasteiger partial charge on any atom is -0.368 e. The van der Waals surface area contributed by atoms with Crippen LogP contribution in [-0.4, -0.2) is 15.7 Å². The molecule has 0 fully saturated rings. The first-order chi connectivity index (χ1) is 10.6.